The molecule has 0 saturated heterocycles. The Morgan fingerprint density at radius 3 is 2.48 bits per heavy atom. The van der Waals surface area contributed by atoms with Crippen molar-refractivity contribution in [2.24, 2.45) is 0 Å². The van der Waals surface area contributed by atoms with E-state index in [9.17, 15) is 13.2 Å². The molecule has 31 heavy (non-hydrogen) atoms. The first-order valence-corrected chi connectivity index (χ1v) is 11.6. The second-order valence-electron chi connectivity index (χ2n) is 6.93. The van der Waals surface area contributed by atoms with E-state index >= 15 is 0 Å². The minimum atomic E-state index is -3.39. The molecule has 7 nitrogen and oxygen atoms in total. The number of nitrogens with zero attached hydrogens (tertiary/aromatic N) is 4. The van der Waals surface area contributed by atoms with Gasteiger partial charge in [0, 0.05) is 23.9 Å². The van der Waals surface area contributed by atoms with Crippen molar-refractivity contribution in [1.29, 1.82) is 0 Å². The lowest BCUT2D eigenvalue weighted by molar-refractivity contribution is 0.103. The molecule has 0 fully saturated rings. The molecule has 0 radical (unpaired) electrons. The molecule has 8 heteroatoms. The highest BCUT2D eigenvalue weighted by Gasteiger charge is 2.21. The van der Waals surface area contributed by atoms with Crippen molar-refractivity contribution in [3.63, 3.8) is 0 Å². The van der Waals surface area contributed by atoms with Gasteiger partial charge in [0.05, 0.1) is 17.1 Å². The third kappa shape index (κ3) is 3.82. The third-order valence-corrected chi connectivity index (χ3v) is 6.97. The van der Waals surface area contributed by atoms with E-state index in [0.717, 1.165) is 11.3 Å². The molecule has 0 aliphatic heterocycles. The number of anilines is 1. The van der Waals surface area contributed by atoms with Crippen LogP contribution in [0.25, 0.3) is 16.9 Å². The third-order valence-electron chi connectivity index (χ3n) is 5.10. The van der Waals surface area contributed by atoms with Gasteiger partial charge in [0.25, 0.3) is 0 Å². The van der Waals surface area contributed by atoms with Gasteiger partial charge in [-0.1, -0.05) is 42.5 Å². The van der Waals surface area contributed by atoms with Crippen LogP contribution in [-0.2, 0) is 10.0 Å². The lowest BCUT2D eigenvalue weighted by atomic mass is 10.1. The van der Waals surface area contributed by atoms with Crippen molar-refractivity contribution >= 4 is 27.1 Å². The Morgan fingerprint density at radius 1 is 1.00 bits per heavy atom. The fourth-order valence-corrected chi connectivity index (χ4v) is 4.68. The molecule has 0 spiro atoms. The number of rotatable bonds is 7. The van der Waals surface area contributed by atoms with Crippen LogP contribution in [0.15, 0.2) is 73.2 Å². The van der Waals surface area contributed by atoms with Gasteiger partial charge < -0.3 is 0 Å². The summed E-state index contributed by atoms with van der Waals surface area (Å²) in [5.74, 6) is -0.176. The van der Waals surface area contributed by atoms with Crippen LogP contribution in [0, 0.1) is 0 Å². The van der Waals surface area contributed by atoms with Crippen LogP contribution < -0.4 is 4.31 Å². The van der Waals surface area contributed by atoms with Gasteiger partial charge in [-0.2, -0.15) is 0 Å². The number of fused-ring (bicyclic) bond motifs is 1. The van der Waals surface area contributed by atoms with Gasteiger partial charge in [-0.15, -0.1) is 0 Å². The number of imidazole rings is 1. The predicted molar refractivity (Wildman–Crippen MR) is 121 cm³/mol. The summed E-state index contributed by atoms with van der Waals surface area (Å²) in [7, 11) is -3.39. The van der Waals surface area contributed by atoms with Crippen molar-refractivity contribution < 1.29 is 13.2 Å². The van der Waals surface area contributed by atoms with Crippen molar-refractivity contribution in [2.45, 2.75) is 13.8 Å². The van der Waals surface area contributed by atoms with Crippen LogP contribution in [0.1, 0.15) is 29.9 Å². The molecule has 0 unspecified atom stereocenters. The van der Waals surface area contributed by atoms with Gasteiger partial charge in [0.2, 0.25) is 15.8 Å². The number of hydrogen-bond acceptors (Lipinski definition) is 5. The van der Waals surface area contributed by atoms with Gasteiger partial charge in [-0.3, -0.25) is 13.5 Å². The van der Waals surface area contributed by atoms with Gasteiger partial charge >= 0.3 is 0 Å². The summed E-state index contributed by atoms with van der Waals surface area (Å²) in [5, 5.41) is 0. The second kappa shape index (κ2) is 8.31. The Kier molecular flexibility index (Phi) is 5.56. The molecular weight excluding hydrogens is 412 g/mol. The Hall–Kier alpha value is -3.52. The summed E-state index contributed by atoms with van der Waals surface area (Å²) < 4.78 is 28.1. The first kappa shape index (κ1) is 20.7. The Balaban J connectivity index is 1.80. The molecule has 0 N–H and O–H groups in total. The lowest BCUT2D eigenvalue weighted by Gasteiger charge is -2.22. The monoisotopic (exact) mass is 434 g/mol. The highest BCUT2D eigenvalue weighted by molar-refractivity contribution is 7.92. The first-order valence-electron chi connectivity index (χ1n) is 9.99. The molecule has 0 atom stereocenters. The zero-order valence-corrected chi connectivity index (χ0v) is 18.1. The largest absolute Gasteiger partial charge is 0.287 e. The molecule has 0 aliphatic rings. The van der Waals surface area contributed by atoms with Gasteiger partial charge in [0.1, 0.15) is 6.33 Å². The Morgan fingerprint density at radius 2 is 1.77 bits per heavy atom. The minimum absolute atomic E-state index is 0.0248. The number of ketones is 1. The molecule has 0 bridgehead atoms. The highest BCUT2D eigenvalue weighted by atomic mass is 32.2. The number of benzene rings is 2. The van der Waals surface area contributed by atoms with E-state index in [0.29, 0.717) is 23.4 Å². The molecular formula is C23H22N4O3S. The van der Waals surface area contributed by atoms with Crippen molar-refractivity contribution in [3.8, 4) is 11.3 Å². The number of carbonyl (C=O) groups excluding carboxylic acids is 1. The normalized spacial score (nSPS) is 11.5. The quantitative estimate of drug-likeness (QED) is 0.413. The summed E-state index contributed by atoms with van der Waals surface area (Å²) in [6.45, 7) is 3.78. The molecule has 158 valence electrons. The van der Waals surface area contributed by atoms with Gasteiger partial charge in [-0.05, 0) is 32.0 Å². The fourth-order valence-electron chi connectivity index (χ4n) is 3.54. The van der Waals surface area contributed by atoms with Crippen LogP contribution >= 0.6 is 0 Å². The summed E-state index contributed by atoms with van der Waals surface area (Å²) in [4.78, 5) is 21.6. The zero-order valence-electron chi connectivity index (χ0n) is 17.3. The van der Waals surface area contributed by atoms with E-state index in [-0.39, 0.29) is 17.2 Å². The Bertz CT molecular complexity index is 1350. The maximum Gasteiger partial charge on any atom is 0.234 e. The van der Waals surface area contributed by atoms with Crippen LogP contribution in [-0.4, -0.2) is 40.9 Å². The summed E-state index contributed by atoms with van der Waals surface area (Å²) >= 11 is 0. The zero-order chi connectivity index (χ0) is 22.0. The highest BCUT2D eigenvalue weighted by Crippen LogP contribution is 2.27. The molecule has 0 amide bonds. The maximum absolute atomic E-state index is 12.9. The summed E-state index contributed by atoms with van der Waals surface area (Å²) in [6, 6.07) is 18.1. The SMILES string of the molecule is CCN(c1cccc(-c2ccnc3c(C(=O)c4ccccc4)ncn23)c1)S(=O)(=O)CC. The molecule has 4 rings (SSSR count). The first-order chi connectivity index (χ1) is 15.0. The standard InChI is InChI=1S/C23H22N4O3S/c1-3-27(31(29,30)4-2)19-12-8-11-18(15-19)20-13-14-24-23-21(25-16-26(20)23)22(28)17-9-6-5-7-10-17/h5-16H,3-4H2,1-2H3. The lowest BCUT2D eigenvalue weighted by Crippen LogP contribution is -2.32. The van der Waals surface area contributed by atoms with E-state index in [2.05, 4.69) is 9.97 Å². The summed E-state index contributed by atoms with van der Waals surface area (Å²) in [5.41, 5.74) is 3.41. The van der Waals surface area contributed by atoms with Gasteiger partial charge in [-0.25, -0.2) is 18.4 Å². The van der Waals surface area contributed by atoms with Crippen molar-refractivity contribution in [2.75, 3.05) is 16.6 Å². The minimum Gasteiger partial charge on any atom is -0.287 e. The molecule has 4 aromatic rings. The smallest absolute Gasteiger partial charge is 0.234 e. The number of sulfonamides is 1. The molecule has 2 aromatic heterocycles. The number of carbonyl (C=O) groups is 1. The Labute approximate surface area is 181 Å². The molecule has 2 aromatic carbocycles. The van der Waals surface area contributed by atoms with E-state index in [1.807, 2.05) is 37.3 Å². The average molecular weight is 435 g/mol. The second-order valence-corrected chi connectivity index (χ2v) is 9.11. The number of aromatic nitrogens is 3. The predicted octanol–water partition coefficient (Wildman–Crippen LogP) is 3.80. The van der Waals surface area contributed by atoms with E-state index in [1.54, 1.807) is 54.2 Å². The van der Waals surface area contributed by atoms with Crippen molar-refractivity contribution in [3.05, 3.63) is 84.4 Å². The molecule has 2 heterocycles. The van der Waals surface area contributed by atoms with E-state index in [4.69, 9.17) is 0 Å². The number of hydrogen-bond donors (Lipinski definition) is 0. The average Bonchev–Trinajstić information content (AvgIpc) is 3.24. The fraction of sp³-hybridized carbons (Fsp3) is 0.174. The molecule has 0 aliphatic carbocycles. The maximum atomic E-state index is 12.9. The van der Waals surface area contributed by atoms with Crippen LogP contribution in [0.2, 0.25) is 0 Å². The van der Waals surface area contributed by atoms with Crippen LogP contribution in [0.4, 0.5) is 5.69 Å². The summed E-state index contributed by atoms with van der Waals surface area (Å²) in [6.07, 6.45) is 3.20. The van der Waals surface area contributed by atoms with Gasteiger partial charge in [0.15, 0.2) is 11.3 Å². The van der Waals surface area contributed by atoms with Crippen LogP contribution in [0.5, 0.6) is 0 Å². The van der Waals surface area contributed by atoms with Crippen molar-refractivity contribution in [1.82, 2.24) is 14.4 Å². The van der Waals surface area contributed by atoms with Crippen LogP contribution in [0.3, 0.4) is 0 Å². The topological polar surface area (TPSA) is 84.6 Å². The van der Waals surface area contributed by atoms with E-state index < -0.39 is 10.0 Å². The van der Waals surface area contributed by atoms with E-state index in [1.165, 1.54) is 4.31 Å². The molecule has 0 saturated carbocycles.